The molecule has 70 valence electrons. The fourth-order valence-electron chi connectivity index (χ4n) is 0.981. The van der Waals surface area contributed by atoms with Crippen molar-refractivity contribution >= 4 is 21.6 Å². The molecule has 0 spiro atoms. The Morgan fingerprint density at radius 2 is 2.15 bits per heavy atom. The fraction of sp³-hybridized carbons (Fsp3) is 0.250. The van der Waals surface area contributed by atoms with Crippen molar-refractivity contribution in [1.29, 1.82) is 0 Å². The van der Waals surface area contributed by atoms with E-state index in [0.717, 1.165) is 5.56 Å². The van der Waals surface area contributed by atoms with Crippen LogP contribution in [0.2, 0.25) is 0 Å². The SMILES string of the molecule is O=[N+]([O-])c1ccc(CBr)c(CF)c1. The number of halogens is 2. The molecule has 0 bridgehead atoms. The van der Waals surface area contributed by atoms with E-state index in [-0.39, 0.29) is 5.69 Å². The van der Waals surface area contributed by atoms with Crippen molar-refractivity contribution in [1.82, 2.24) is 0 Å². The van der Waals surface area contributed by atoms with E-state index in [2.05, 4.69) is 15.9 Å². The van der Waals surface area contributed by atoms with Crippen LogP contribution >= 0.6 is 15.9 Å². The Bertz CT molecular complexity index is 330. The topological polar surface area (TPSA) is 43.1 Å². The van der Waals surface area contributed by atoms with Gasteiger partial charge in [0.1, 0.15) is 6.67 Å². The minimum Gasteiger partial charge on any atom is -0.258 e. The second-order valence-corrected chi connectivity index (χ2v) is 3.04. The second-order valence-electron chi connectivity index (χ2n) is 2.48. The highest BCUT2D eigenvalue weighted by Crippen LogP contribution is 2.20. The lowest BCUT2D eigenvalue weighted by Gasteiger charge is -2.01. The highest BCUT2D eigenvalue weighted by Gasteiger charge is 2.09. The molecule has 0 saturated heterocycles. The molecule has 0 amide bonds. The summed E-state index contributed by atoms with van der Waals surface area (Å²) in [6.45, 7) is -0.678. The zero-order valence-corrected chi connectivity index (χ0v) is 8.25. The zero-order valence-electron chi connectivity index (χ0n) is 6.67. The fourth-order valence-corrected chi connectivity index (χ4v) is 1.53. The summed E-state index contributed by atoms with van der Waals surface area (Å²) < 4.78 is 12.4. The number of benzene rings is 1. The third-order valence-electron chi connectivity index (χ3n) is 1.69. The molecule has 1 rings (SSSR count). The van der Waals surface area contributed by atoms with Gasteiger partial charge in [-0.3, -0.25) is 10.1 Å². The maximum absolute atomic E-state index is 12.4. The first-order valence-electron chi connectivity index (χ1n) is 3.57. The van der Waals surface area contributed by atoms with Gasteiger partial charge >= 0.3 is 0 Å². The van der Waals surface area contributed by atoms with Gasteiger partial charge in [-0.15, -0.1) is 0 Å². The average molecular weight is 248 g/mol. The Balaban J connectivity index is 3.13. The first-order valence-corrected chi connectivity index (χ1v) is 4.69. The van der Waals surface area contributed by atoms with Crippen LogP contribution in [0.3, 0.4) is 0 Å². The Labute approximate surface area is 82.8 Å². The predicted molar refractivity (Wildman–Crippen MR) is 50.5 cm³/mol. The lowest BCUT2D eigenvalue weighted by Crippen LogP contribution is -1.93. The number of nitro groups is 1. The van der Waals surface area contributed by atoms with Crippen molar-refractivity contribution in [2.75, 3.05) is 0 Å². The maximum Gasteiger partial charge on any atom is 0.269 e. The molecule has 0 heterocycles. The lowest BCUT2D eigenvalue weighted by molar-refractivity contribution is -0.384. The van der Waals surface area contributed by atoms with E-state index in [9.17, 15) is 14.5 Å². The third kappa shape index (κ3) is 2.24. The number of nitro benzene ring substituents is 1. The molecule has 0 radical (unpaired) electrons. The highest BCUT2D eigenvalue weighted by atomic mass is 79.9. The number of nitrogens with zero attached hydrogens (tertiary/aromatic N) is 1. The number of hydrogen-bond acceptors (Lipinski definition) is 2. The van der Waals surface area contributed by atoms with E-state index in [4.69, 9.17) is 0 Å². The van der Waals surface area contributed by atoms with Crippen molar-refractivity contribution in [2.24, 2.45) is 0 Å². The lowest BCUT2D eigenvalue weighted by atomic mass is 10.1. The highest BCUT2D eigenvalue weighted by molar-refractivity contribution is 9.08. The van der Waals surface area contributed by atoms with E-state index in [1.54, 1.807) is 6.07 Å². The van der Waals surface area contributed by atoms with Crippen molar-refractivity contribution in [2.45, 2.75) is 12.0 Å². The average Bonchev–Trinajstić information content (AvgIpc) is 2.16. The first-order chi connectivity index (χ1) is 6.19. The summed E-state index contributed by atoms with van der Waals surface area (Å²) >= 11 is 3.17. The van der Waals surface area contributed by atoms with Gasteiger partial charge in [-0.1, -0.05) is 22.0 Å². The van der Waals surface area contributed by atoms with Crippen LogP contribution in [0.15, 0.2) is 18.2 Å². The van der Waals surface area contributed by atoms with Crippen LogP contribution in [-0.4, -0.2) is 4.92 Å². The van der Waals surface area contributed by atoms with Crippen LogP contribution in [0, 0.1) is 10.1 Å². The summed E-state index contributed by atoms with van der Waals surface area (Å²) in [5.41, 5.74) is 1.04. The molecule has 1 aromatic carbocycles. The molecule has 0 unspecified atom stereocenters. The molecule has 13 heavy (non-hydrogen) atoms. The Kier molecular flexibility index (Phi) is 3.36. The van der Waals surface area contributed by atoms with Crippen LogP contribution in [-0.2, 0) is 12.0 Å². The number of non-ortho nitro benzene ring substituents is 1. The number of hydrogen-bond donors (Lipinski definition) is 0. The largest absolute Gasteiger partial charge is 0.269 e. The van der Waals surface area contributed by atoms with Gasteiger partial charge in [0.2, 0.25) is 0 Å². The number of rotatable bonds is 3. The normalized spacial score (nSPS) is 10.0. The van der Waals surface area contributed by atoms with E-state index in [0.29, 0.717) is 10.9 Å². The second kappa shape index (κ2) is 4.32. The van der Waals surface area contributed by atoms with Gasteiger partial charge in [0.25, 0.3) is 5.69 Å². The monoisotopic (exact) mass is 247 g/mol. The van der Waals surface area contributed by atoms with Gasteiger partial charge < -0.3 is 0 Å². The standard InChI is InChI=1S/C8H7BrFNO2/c9-4-6-1-2-8(11(12)13)3-7(6)5-10/h1-3H,4-5H2. The van der Waals surface area contributed by atoms with Crippen LogP contribution in [0.4, 0.5) is 10.1 Å². The maximum atomic E-state index is 12.4. The van der Waals surface area contributed by atoms with E-state index in [1.165, 1.54) is 12.1 Å². The van der Waals surface area contributed by atoms with E-state index < -0.39 is 11.6 Å². The molecule has 0 aliphatic heterocycles. The zero-order chi connectivity index (χ0) is 9.84. The molecule has 0 aliphatic rings. The summed E-state index contributed by atoms with van der Waals surface area (Å²) in [5, 5.41) is 10.8. The van der Waals surface area contributed by atoms with Crippen LogP contribution in [0.25, 0.3) is 0 Å². The summed E-state index contributed by atoms with van der Waals surface area (Å²) in [7, 11) is 0. The van der Waals surface area contributed by atoms with Crippen molar-refractivity contribution in [3.05, 3.63) is 39.4 Å². The minimum absolute atomic E-state index is 0.0719. The van der Waals surface area contributed by atoms with Crippen molar-refractivity contribution in [3.63, 3.8) is 0 Å². The Morgan fingerprint density at radius 1 is 1.46 bits per heavy atom. The van der Waals surface area contributed by atoms with E-state index in [1.807, 2.05) is 0 Å². The van der Waals surface area contributed by atoms with Gasteiger partial charge in [0.05, 0.1) is 4.92 Å². The van der Waals surface area contributed by atoms with Gasteiger partial charge in [-0.2, -0.15) is 0 Å². The molecule has 3 nitrogen and oxygen atoms in total. The molecule has 0 aromatic heterocycles. The molecule has 1 aromatic rings. The number of alkyl halides is 2. The van der Waals surface area contributed by atoms with Gasteiger partial charge in [0, 0.05) is 17.5 Å². The van der Waals surface area contributed by atoms with E-state index >= 15 is 0 Å². The first kappa shape index (κ1) is 10.1. The molecular weight excluding hydrogens is 241 g/mol. The summed E-state index contributed by atoms with van der Waals surface area (Å²) in [4.78, 5) is 9.81. The quantitative estimate of drug-likeness (QED) is 0.468. The summed E-state index contributed by atoms with van der Waals surface area (Å²) in [5.74, 6) is 0. The Hall–Kier alpha value is -0.970. The minimum atomic E-state index is -0.678. The van der Waals surface area contributed by atoms with Crippen molar-refractivity contribution < 1.29 is 9.31 Å². The molecule has 0 aliphatic carbocycles. The van der Waals surface area contributed by atoms with Crippen LogP contribution in [0.5, 0.6) is 0 Å². The Morgan fingerprint density at radius 3 is 2.62 bits per heavy atom. The molecular formula is C8H7BrFNO2. The molecule has 5 heteroatoms. The molecule has 0 fully saturated rings. The van der Waals surface area contributed by atoms with Gasteiger partial charge in [0.15, 0.2) is 0 Å². The third-order valence-corrected chi connectivity index (χ3v) is 2.29. The van der Waals surface area contributed by atoms with Crippen LogP contribution < -0.4 is 0 Å². The summed E-state index contributed by atoms with van der Waals surface area (Å²) in [6.07, 6.45) is 0. The van der Waals surface area contributed by atoms with Gasteiger partial charge in [-0.05, 0) is 11.1 Å². The molecule has 0 saturated carbocycles. The molecule has 0 N–H and O–H groups in total. The smallest absolute Gasteiger partial charge is 0.258 e. The molecule has 0 atom stereocenters. The predicted octanol–water partition coefficient (Wildman–Crippen LogP) is 2.96. The van der Waals surface area contributed by atoms with Gasteiger partial charge in [-0.25, -0.2) is 4.39 Å². The summed E-state index contributed by atoms with van der Waals surface area (Å²) in [6, 6.07) is 4.19. The van der Waals surface area contributed by atoms with Crippen LogP contribution in [0.1, 0.15) is 11.1 Å². The van der Waals surface area contributed by atoms with Crippen molar-refractivity contribution in [3.8, 4) is 0 Å².